The highest BCUT2D eigenvalue weighted by atomic mass is 32.1. The van der Waals surface area contributed by atoms with Crippen LogP contribution in [0.3, 0.4) is 0 Å². The van der Waals surface area contributed by atoms with E-state index in [1.807, 2.05) is 54.8 Å². The van der Waals surface area contributed by atoms with Gasteiger partial charge in [0.15, 0.2) is 5.76 Å². The van der Waals surface area contributed by atoms with Crippen molar-refractivity contribution in [3.8, 4) is 11.6 Å². The number of hydrogen-bond acceptors (Lipinski definition) is 9. The maximum atomic E-state index is 14.0. The van der Waals surface area contributed by atoms with Crippen LogP contribution in [0.4, 0.5) is 5.69 Å². The SMILES string of the molecule is Cc1ccc(-c2nnn(CC(=O)N(c3cnc4ccccc4c3)[C@@H](C(=O)NC[C@@H]3CCCO3)c3cccs3)n2)o1. The summed E-state index contributed by atoms with van der Waals surface area (Å²) in [6.45, 7) is 2.63. The van der Waals surface area contributed by atoms with E-state index < -0.39 is 11.9 Å². The molecule has 40 heavy (non-hydrogen) atoms. The van der Waals surface area contributed by atoms with E-state index in [1.165, 1.54) is 21.0 Å². The van der Waals surface area contributed by atoms with Crippen molar-refractivity contribution >= 4 is 39.7 Å². The van der Waals surface area contributed by atoms with Crippen LogP contribution in [0.2, 0.25) is 0 Å². The van der Waals surface area contributed by atoms with Gasteiger partial charge in [-0.2, -0.15) is 4.80 Å². The van der Waals surface area contributed by atoms with Gasteiger partial charge in [-0.25, -0.2) is 0 Å². The lowest BCUT2D eigenvalue weighted by Gasteiger charge is -2.30. The smallest absolute Gasteiger partial charge is 0.251 e. The highest BCUT2D eigenvalue weighted by molar-refractivity contribution is 7.10. The fourth-order valence-corrected chi connectivity index (χ4v) is 5.54. The zero-order valence-electron chi connectivity index (χ0n) is 21.8. The number of carbonyl (C=O) groups excluding carboxylic acids is 2. The molecule has 2 atom stereocenters. The number of amides is 2. The normalized spacial score (nSPS) is 15.8. The summed E-state index contributed by atoms with van der Waals surface area (Å²) in [5, 5.41) is 18.2. The van der Waals surface area contributed by atoms with Crippen molar-refractivity contribution in [3.63, 3.8) is 0 Å². The molecule has 12 heteroatoms. The van der Waals surface area contributed by atoms with Crippen LogP contribution in [0.25, 0.3) is 22.5 Å². The van der Waals surface area contributed by atoms with Crippen LogP contribution < -0.4 is 10.2 Å². The van der Waals surface area contributed by atoms with Gasteiger partial charge in [-0.1, -0.05) is 24.3 Å². The Balaban J connectivity index is 1.35. The van der Waals surface area contributed by atoms with Crippen LogP contribution in [-0.4, -0.2) is 56.3 Å². The molecule has 6 rings (SSSR count). The number of pyridine rings is 1. The minimum atomic E-state index is -0.937. The third-order valence-corrected chi connectivity index (χ3v) is 7.59. The number of aryl methyl sites for hydroxylation is 1. The Morgan fingerprint density at radius 2 is 2.10 bits per heavy atom. The van der Waals surface area contributed by atoms with Gasteiger partial charge in [0.2, 0.25) is 11.7 Å². The van der Waals surface area contributed by atoms with Crippen LogP contribution in [-0.2, 0) is 20.9 Å². The molecule has 0 bridgehead atoms. The molecule has 2 amide bonds. The zero-order valence-corrected chi connectivity index (χ0v) is 22.6. The van der Waals surface area contributed by atoms with E-state index >= 15 is 0 Å². The van der Waals surface area contributed by atoms with Gasteiger partial charge in [-0.05, 0) is 60.7 Å². The number of thiophene rings is 1. The molecule has 1 N–H and O–H groups in total. The van der Waals surface area contributed by atoms with E-state index in [0.717, 1.165) is 23.7 Å². The number of carbonyl (C=O) groups is 2. The van der Waals surface area contributed by atoms with Gasteiger partial charge in [-0.15, -0.1) is 21.5 Å². The number of fused-ring (bicyclic) bond motifs is 1. The third-order valence-electron chi connectivity index (χ3n) is 6.66. The van der Waals surface area contributed by atoms with Crippen molar-refractivity contribution in [3.05, 3.63) is 76.8 Å². The number of hydrogen-bond donors (Lipinski definition) is 1. The quantitative estimate of drug-likeness (QED) is 0.289. The Morgan fingerprint density at radius 1 is 1.20 bits per heavy atom. The Bertz CT molecular complexity index is 1620. The highest BCUT2D eigenvalue weighted by Gasteiger charge is 2.35. The summed E-state index contributed by atoms with van der Waals surface area (Å²) in [5.41, 5.74) is 1.27. The molecule has 204 valence electrons. The lowest BCUT2D eigenvalue weighted by molar-refractivity contribution is -0.127. The van der Waals surface area contributed by atoms with Gasteiger partial charge in [0, 0.05) is 23.4 Å². The van der Waals surface area contributed by atoms with Gasteiger partial charge in [-0.3, -0.25) is 19.5 Å². The molecular formula is C28H27N7O4S. The fourth-order valence-electron chi connectivity index (χ4n) is 4.73. The number of aromatic nitrogens is 5. The van der Waals surface area contributed by atoms with E-state index in [1.54, 1.807) is 18.3 Å². The molecule has 1 fully saturated rings. The maximum absolute atomic E-state index is 14.0. The van der Waals surface area contributed by atoms with Crippen molar-refractivity contribution in [1.82, 2.24) is 30.5 Å². The van der Waals surface area contributed by atoms with Gasteiger partial charge >= 0.3 is 0 Å². The number of ether oxygens (including phenoxy) is 1. The number of rotatable bonds is 9. The molecule has 1 aromatic carbocycles. The summed E-state index contributed by atoms with van der Waals surface area (Å²) in [7, 11) is 0. The predicted octanol–water partition coefficient (Wildman–Crippen LogP) is 3.92. The molecule has 5 aromatic rings. The molecule has 0 spiro atoms. The average molecular weight is 558 g/mol. The van der Waals surface area contributed by atoms with Crippen molar-refractivity contribution in [2.45, 2.75) is 38.5 Å². The molecule has 0 aliphatic carbocycles. The van der Waals surface area contributed by atoms with Gasteiger partial charge in [0.05, 0.1) is 23.5 Å². The van der Waals surface area contributed by atoms with Crippen LogP contribution in [0.15, 0.2) is 70.6 Å². The Kier molecular flexibility index (Phi) is 7.34. The Labute approximate surface area is 233 Å². The number of nitrogens with zero attached hydrogens (tertiary/aromatic N) is 6. The molecule has 0 radical (unpaired) electrons. The number of furan rings is 1. The third kappa shape index (κ3) is 5.49. The number of benzene rings is 1. The first-order valence-corrected chi connectivity index (χ1v) is 13.9. The molecule has 1 aliphatic heterocycles. The fraction of sp³-hybridized carbons (Fsp3) is 0.286. The summed E-state index contributed by atoms with van der Waals surface area (Å²) < 4.78 is 11.3. The molecule has 0 unspecified atom stereocenters. The topological polar surface area (TPSA) is 128 Å². The highest BCUT2D eigenvalue weighted by Crippen LogP contribution is 2.32. The summed E-state index contributed by atoms with van der Waals surface area (Å²) in [6.07, 6.45) is 3.42. The van der Waals surface area contributed by atoms with Crippen LogP contribution in [0, 0.1) is 6.92 Å². The second-order valence-electron chi connectivity index (χ2n) is 9.50. The van der Waals surface area contributed by atoms with Crippen LogP contribution in [0.5, 0.6) is 0 Å². The number of nitrogens with one attached hydrogen (secondary N) is 1. The number of tetrazole rings is 1. The van der Waals surface area contributed by atoms with Crippen molar-refractivity contribution in [2.75, 3.05) is 18.1 Å². The lowest BCUT2D eigenvalue weighted by atomic mass is 10.1. The first-order chi connectivity index (χ1) is 19.5. The molecule has 4 aromatic heterocycles. The summed E-state index contributed by atoms with van der Waals surface area (Å²) in [5.74, 6) is 0.728. The summed E-state index contributed by atoms with van der Waals surface area (Å²) in [4.78, 5) is 35.8. The van der Waals surface area contributed by atoms with Gasteiger partial charge < -0.3 is 14.5 Å². The zero-order chi connectivity index (χ0) is 27.5. The first kappa shape index (κ1) is 25.8. The van der Waals surface area contributed by atoms with E-state index in [2.05, 4.69) is 25.7 Å². The van der Waals surface area contributed by atoms with E-state index in [9.17, 15) is 9.59 Å². The minimum Gasteiger partial charge on any atom is -0.458 e. The molecule has 11 nitrogen and oxygen atoms in total. The minimum absolute atomic E-state index is 0.0394. The molecule has 1 aliphatic rings. The largest absolute Gasteiger partial charge is 0.458 e. The van der Waals surface area contributed by atoms with Crippen LogP contribution in [0.1, 0.15) is 29.5 Å². The molecular weight excluding hydrogens is 530 g/mol. The Morgan fingerprint density at radius 3 is 2.88 bits per heavy atom. The first-order valence-electron chi connectivity index (χ1n) is 13.0. The number of para-hydroxylation sites is 1. The Hall–Kier alpha value is -4.42. The summed E-state index contributed by atoms with van der Waals surface area (Å²) in [6, 6.07) is 15.8. The van der Waals surface area contributed by atoms with Crippen molar-refractivity contribution in [2.24, 2.45) is 0 Å². The van der Waals surface area contributed by atoms with E-state index in [4.69, 9.17) is 9.15 Å². The second-order valence-corrected chi connectivity index (χ2v) is 10.5. The summed E-state index contributed by atoms with van der Waals surface area (Å²) >= 11 is 1.40. The van der Waals surface area contributed by atoms with Crippen molar-refractivity contribution < 1.29 is 18.7 Å². The standard InChI is InChI=1S/C28H27N7O4S/c1-18-10-11-23(39-18)27-31-33-34(32-27)17-25(36)35(20-14-19-6-2-3-8-22(19)29-15-20)26(24-9-5-13-40-24)28(37)30-16-21-7-4-12-38-21/h2-3,5-6,8-11,13-15,21,26H,4,7,12,16-17H2,1H3,(H,30,37)/t21-,26+/m0/s1. The lowest BCUT2D eigenvalue weighted by Crippen LogP contribution is -2.46. The molecule has 1 saturated heterocycles. The van der Waals surface area contributed by atoms with Crippen LogP contribution >= 0.6 is 11.3 Å². The molecule has 5 heterocycles. The van der Waals surface area contributed by atoms with Gasteiger partial charge in [0.1, 0.15) is 18.3 Å². The average Bonchev–Trinajstić information content (AvgIpc) is 3.78. The predicted molar refractivity (Wildman–Crippen MR) is 149 cm³/mol. The van der Waals surface area contributed by atoms with Gasteiger partial charge in [0.25, 0.3) is 5.91 Å². The molecule has 0 saturated carbocycles. The van der Waals surface area contributed by atoms with Crippen molar-refractivity contribution in [1.29, 1.82) is 0 Å². The van der Waals surface area contributed by atoms with E-state index in [-0.39, 0.29) is 24.4 Å². The maximum Gasteiger partial charge on any atom is 0.251 e. The second kappa shape index (κ2) is 11.4. The number of anilines is 1. The monoisotopic (exact) mass is 557 g/mol. The van der Waals surface area contributed by atoms with E-state index in [0.29, 0.717) is 35.2 Å².